The lowest BCUT2D eigenvalue weighted by molar-refractivity contribution is 0.594. The Morgan fingerprint density at radius 2 is 1.56 bits per heavy atom. The smallest absolute Gasteiger partial charge is 0.0924 e. The van der Waals surface area contributed by atoms with E-state index in [0.29, 0.717) is 0 Å². The minimum atomic E-state index is 0.121. The highest BCUT2D eigenvalue weighted by molar-refractivity contribution is 5.78. The van der Waals surface area contributed by atoms with Crippen LogP contribution in [-0.4, -0.2) is 9.97 Å². The summed E-state index contributed by atoms with van der Waals surface area (Å²) in [5, 5.41) is 0. The summed E-state index contributed by atoms with van der Waals surface area (Å²) in [6.45, 7) is 10.6. The summed E-state index contributed by atoms with van der Waals surface area (Å²) >= 11 is 0. The second-order valence-corrected chi connectivity index (χ2v) is 4.48. The Hall–Kier alpha value is -1.44. The topological polar surface area (TPSA) is 25.8 Å². The van der Waals surface area contributed by atoms with Gasteiger partial charge in [0.05, 0.1) is 11.0 Å². The van der Waals surface area contributed by atoms with Crippen LogP contribution in [-0.2, 0) is 5.41 Å². The van der Waals surface area contributed by atoms with E-state index in [-0.39, 0.29) is 5.41 Å². The first kappa shape index (κ1) is 12.6. The third kappa shape index (κ3) is 2.57. The van der Waals surface area contributed by atoms with E-state index in [0.717, 1.165) is 11.0 Å². The summed E-state index contributed by atoms with van der Waals surface area (Å²) in [5.41, 5.74) is 3.36. The third-order valence-corrected chi connectivity index (χ3v) is 2.31. The molecule has 0 saturated carbocycles. The van der Waals surface area contributed by atoms with Crippen molar-refractivity contribution >= 4 is 11.0 Å². The second kappa shape index (κ2) is 5.06. The van der Waals surface area contributed by atoms with Gasteiger partial charge in [0.1, 0.15) is 0 Å². The summed E-state index contributed by atoms with van der Waals surface area (Å²) in [7, 11) is 0. The molecule has 0 amide bonds. The molecular formula is C14H20N2. The predicted molar refractivity (Wildman–Crippen MR) is 69.6 cm³/mol. The zero-order chi connectivity index (χ0) is 12.2. The molecule has 0 saturated heterocycles. The summed E-state index contributed by atoms with van der Waals surface area (Å²) in [5.74, 6) is 0. The molecule has 1 aromatic carbocycles. The maximum Gasteiger partial charge on any atom is 0.0924 e. The number of fused-ring (bicyclic) bond motifs is 1. The van der Waals surface area contributed by atoms with Crippen molar-refractivity contribution in [2.24, 2.45) is 0 Å². The molecule has 1 aromatic heterocycles. The molecule has 16 heavy (non-hydrogen) atoms. The van der Waals surface area contributed by atoms with Crippen molar-refractivity contribution in [1.29, 1.82) is 0 Å². The van der Waals surface area contributed by atoms with Crippen LogP contribution in [0.25, 0.3) is 11.0 Å². The molecule has 0 aliphatic carbocycles. The van der Waals surface area contributed by atoms with Crippen molar-refractivity contribution < 1.29 is 0 Å². The Morgan fingerprint density at radius 3 is 2.19 bits per heavy atom. The number of rotatable bonds is 0. The summed E-state index contributed by atoms with van der Waals surface area (Å²) < 4.78 is 0. The summed E-state index contributed by atoms with van der Waals surface area (Å²) in [4.78, 5) is 8.68. The molecule has 2 aromatic rings. The van der Waals surface area contributed by atoms with Gasteiger partial charge < -0.3 is 0 Å². The molecule has 0 unspecified atom stereocenters. The van der Waals surface area contributed by atoms with Gasteiger partial charge in [-0.05, 0) is 17.0 Å². The first-order valence-corrected chi connectivity index (χ1v) is 5.79. The quantitative estimate of drug-likeness (QED) is 0.666. The zero-order valence-corrected chi connectivity index (χ0v) is 10.8. The third-order valence-electron chi connectivity index (χ3n) is 2.31. The Bertz CT molecular complexity index is 450. The van der Waals surface area contributed by atoms with Crippen LogP contribution in [0.2, 0.25) is 0 Å². The lowest BCUT2D eigenvalue weighted by atomic mass is 9.86. The maximum atomic E-state index is 4.39. The molecule has 0 atom stereocenters. The zero-order valence-electron chi connectivity index (χ0n) is 10.8. The molecule has 1 heterocycles. The minimum absolute atomic E-state index is 0.121. The van der Waals surface area contributed by atoms with E-state index >= 15 is 0 Å². The van der Waals surface area contributed by atoms with Crippen molar-refractivity contribution in [1.82, 2.24) is 9.97 Å². The van der Waals surface area contributed by atoms with Crippen LogP contribution in [0.5, 0.6) is 0 Å². The number of nitrogens with zero attached hydrogens (tertiary/aromatic N) is 2. The van der Waals surface area contributed by atoms with Crippen LogP contribution in [0.1, 0.15) is 40.2 Å². The average Bonchev–Trinajstić information content (AvgIpc) is 2.30. The van der Waals surface area contributed by atoms with Gasteiger partial charge in [0.25, 0.3) is 0 Å². The van der Waals surface area contributed by atoms with Crippen LogP contribution < -0.4 is 0 Å². The Morgan fingerprint density at radius 1 is 0.938 bits per heavy atom. The Labute approximate surface area is 97.7 Å². The SMILES string of the molecule is CC.CC(C)(C)c1cccc2nccnc12. The van der Waals surface area contributed by atoms with Crippen LogP contribution in [0.4, 0.5) is 0 Å². The largest absolute Gasteiger partial charge is 0.253 e. The van der Waals surface area contributed by atoms with E-state index in [2.05, 4.69) is 36.8 Å². The van der Waals surface area contributed by atoms with Crippen molar-refractivity contribution in [3.63, 3.8) is 0 Å². The highest BCUT2D eigenvalue weighted by Crippen LogP contribution is 2.27. The fourth-order valence-corrected chi connectivity index (χ4v) is 1.60. The second-order valence-electron chi connectivity index (χ2n) is 4.48. The van der Waals surface area contributed by atoms with Crippen LogP contribution in [0, 0.1) is 0 Å². The fraction of sp³-hybridized carbons (Fsp3) is 0.429. The van der Waals surface area contributed by atoms with Crippen molar-refractivity contribution in [2.45, 2.75) is 40.0 Å². The number of para-hydroxylation sites is 1. The normalized spacial score (nSPS) is 10.8. The van der Waals surface area contributed by atoms with E-state index in [1.54, 1.807) is 12.4 Å². The first-order chi connectivity index (χ1) is 7.59. The monoisotopic (exact) mass is 216 g/mol. The molecular weight excluding hydrogens is 196 g/mol. The molecule has 86 valence electrons. The van der Waals surface area contributed by atoms with E-state index in [4.69, 9.17) is 0 Å². The summed E-state index contributed by atoms with van der Waals surface area (Å²) in [6.07, 6.45) is 3.48. The average molecular weight is 216 g/mol. The number of aromatic nitrogens is 2. The molecule has 2 nitrogen and oxygen atoms in total. The molecule has 0 bridgehead atoms. The van der Waals surface area contributed by atoms with Gasteiger partial charge >= 0.3 is 0 Å². The molecule has 0 aliphatic heterocycles. The Balaban J connectivity index is 0.000000606. The van der Waals surface area contributed by atoms with Gasteiger partial charge in [-0.15, -0.1) is 0 Å². The van der Waals surface area contributed by atoms with Gasteiger partial charge in [0.15, 0.2) is 0 Å². The van der Waals surface area contributed by atoms with Gasteiger partial charge in [0, 0.05) is 12.4 Å². The van der Waals surface area contributed by atoms with Crippen molar-refractivity contribution in [3.05, 3.63) is 36.2 Å². The van der Waals surface area contributed by atoms with Crippen molar-refractivity contribution in [2.75, 3.05) is 0 Å². The standard InChI is InChI=1S/C12H14N2.C2H6/c1-12(2,3)9-5-4-6-10-11(9)14-8-7-13-10;1-2/h4-8H,1-3H3;1-2H3. The highest BCUT2D eigenvalue weighted by Gasteiger charge is 2.17. The maximum absolute atomic E-state index is 4.39. The molecule has 0 N–H and O–H groups in total. The van der Waals surface area contributed by atoms with E-state index < -0.39 is 0 Å². The molecule has 0 spiro atoms. The van der Waals surface area contributed by atoms with Gasteiger partial charge in [-0.1, -0.05) is 46.8 Å². The van der Waals surface area contributed by atoms with E-state index in [9.17, 15) is 0 Å². The number of benzene rings is 1. The first-order valence-electron chi connectivity index (χ1n) is 5.79. The van der Waals surface area contributed by atoms with E-state index in [1.165, 1.54) is 5.56 Å². The molecule has 2 heteroatoms. The van der Waals surface area contributed by atoms with Gasteiger partial charge in [-0.25, -0.2) is 0 Å². The molecule has 0 fully saturated rings. The lowest BCUT2D eigenvalue weighted by Crippen LogP contribution is -2.12. The predicted octanol–water partition coefficient (Wildman–Crippen LogP) is 3.95. The molecule has 0 radical (unpaired) electrons. The summed E-state index contributed by atoms with van der Waals surface area (Å²) in [6, 6.07) is 6.16. The van der Waals surface area contributed by atoms with Crippen LogP contribution in [0.15, 0.2) is 30.6 Å². The minimum Gasteiger partial charge on any atom is -0.253 e. The van der Waals surface area contributed by atoms with E-state index in [1.807, 2.05) is 26.0 Å². The van der Waals surface area contributed by atoms with Crippen LogP contribution in [0.3, 0.4) is 0 Å². The number of hydrogen-bond donors (Lipinski definition) is 0. The Kier molecular flexibility index (Phi) is 3.99. The van der Waals surface area contributed by atoms with Gasteiger partial charge in [-0.2, -0.15) is 0 Å². The highest BCUT2D eigenvalue weighted by atomic mass is 14.8. The van der Waals surface area contributed by atoms with Gasteiger partial charge in [-0.3, -0.25) is 9.97 Å². The van der Waals surface area contributed by atoms with Crippen molar-refractivity contribution in [3.8, 4) is 0 Å². The van der Waals surface area contributed by atoms with Gasteiger partial charge in [0.2, 0.25) is 0 Å². The van der Waals surface area contributed by atoms with Crippen LogP contribution >= 0.6 is 0 Å². The lowest BCUT2D eigenvalue weighted by Gasteiger charge is -2.19. The molecule has 0 aliphatic rings. The fourth-order valence-electron chi connectivity index (χ4n) is 1.60. The molecule has 2 rings (SSSR count). The number of hydrogen-bond acceptors (Lipinski definition) is 2.